The molecule has 0 saturated carbocycles. The van der Waals surface area contributed by atoms with E-state index in [2.05, 4.69) is 18.3 Å². The third kappa shape index (κ3) is 5.43. The third-order valence-electron chi connectivity index (χ3n) is 2.36. The Labute approximate surface area is 115 Å². The van der Waals surface area contributed by atoms with E-state index < -0.39 is 44.8 Å². The average molecular weight is 318 g/mol. The molecule has 0 aliphatic heterocycles. The predicted octanol–water partition coefficient (Wildman–Crippen LogP) is -1.98. The molecule has 0 saturated heterocycles. The first-order chi connectivity index (χ1) is 9.22. The molecule has 0 aromatic carbocycles. The fourth-order valence-electron chi connectivity index (χ4n) is 1.12. The molecule has 4 atom stereocenters. The van der Waals surface area contributed by atoms with Gasteiger partial charge in [-0.15, -0.1) is 0 Å². The van der Waals surface area contributed by atoms with Gasteiger partial charge in [0.2, 0.25) is 0 Å². The highest BCUT2D eigenvalue weighted by atomic mass is 31.2. The first-order valence-electron chi connectivity index (χ1n) is 5.38. The van der Waals surface area contributed by atoms with E-state index in [0.717, 1.165) is 21.3 Å². The molecular weight excluding hydrogens is 299 g/mol. The second kappa shape index (κ2) is 8.65. The van der Waals surface area contributed by atoms with Gasteiger partial charge in [0.05, 0.1) is 13.7 Å². The molecule has 120 valence electrons. The number of aliphatic hydroxyl groups is 4. The Morgan fingerprint density at radius 2 is 1.55 bits per heavy atom. The van der Waals surface area contributed by atoms with Gasteiger partial charge in [0.1, 0.15) is 18.3 Å². The van der Waals surface area contributed by atoms with Crippen molar-refractivity contribution in [1.29, 1.82) is 0 Å². The van der Waals surface area contributed by atoms with Crippen LogP contribution in [-0.4, -0.2) is 78.7 Å². The van der Waals surface area contributed by atoms with Crippen molar-refractivity contribution in [2.24, 2.45) is 0 Å². The molecule has 11 heteroatoms. The molecule has 0 aliphatic rings. The summed E-state index contributed by atoms with van der Waals surface area (Å²) in [5, 5.41) is 37.8. The summed E-state index contributed by atoms with van der Waals surface area (Å²) in [6, 6.07) is 0. The molecule has 0 spiro atoms. The van der Waals surface area contributed by atoms with E-state index in [1.54, 1.807) is 0 Å². The van der Waals surface area contributed by atoms with Crippen LogP contribution < -0.4 is 0 Å². The van der Waals surface area contributed by atoms with Crippen LogP contribution in [-0.2, 0) is 27.7 Å². The summed E-state index contributed by atoms with van der Waals surface area (Å²) in [5.74, 6) is -1.19. The lowest BCUT2D eigenvalue weighted by atomic mass is 10.0. The summed E-state index contributed by atoms with van der Waals surface area (Å²) in [6.07, 6.45) is -7.79. The van der Waals surface area contributed by atoms with Gasteiger partial charge in [-0.2, -0.15) is 0 Å². The Morgan fingerprint density at radius 1 is 1.05 bits per heavy atom. The molecule has 0 unspecified atom stereocenters. The molecule has 0 aromatic heterocycles. The summed E-state index contributed by atoms with van der Waals surface area (Å²) in [5.41, 5.74) is 0. The van der Waals surface area contributed by atoms with E-state index in [9.17, 15) is 29.8 Å². The number of esters is 1. The number of carbonyl (C=O) groups excluding carboxylic acids is 1. The third-order valence-corrected chi connectivity index (χ3v) is 3.72. The van der Waals surface area contributed by atoms with Gasteiger partial charge < -0.3 is 25.2 Å². The van der Waals surface area contributed by atoms with E-state index in [0.29, 0.717) is 0 Å². The van der Waals surface area contributed by atoms with Crippen LogP contribution in [0.25, 0.3) is 0 Å². The summed E-state index contributed by atoms with van der Waals surface area (Å²) in [7, 11) is -0.801. The van der Waals surface area contributed by atoms with Gasteiger partial charge in [-0.25, -0.2) is 9.36 Å². The largest absolute Gasteiger partial charge is 0.474 e. The van der Waals surface area contributed by atoms with Crippen molar-refractivity contribution in [3.8, 4) is 0 Å². The zero-order valence-electron chi connectivity index (χ0n) is 11.2. The molecule has 0 aliphatic carbocycles. The van der Waals surface area contributed by atoms with Gasteiger partial charge in [0, 0.05) is 14.2 Å². The molecule has 0 heterocycles. The van der Waals surface area contributed by atoms with Crippen molar-refractivity contribution in [2.45, 2.75) is 24.4 Å². The van der Waals surface area contributed by atoms with Gasteiger partial charge in [-0.1, -0.05) is 0 Å². The highest BCUT2D eigenvalue weighted by Gasteiger charge is 2.36. The van der Waals surface area contributed by atoms with E-state index >= 15 is 0 Å². The number of aliphatic hydroxyl groups excluding tert-OH is 4. The Balaban J connectivity index is 4.51. The second-order valence-corrected chi connectivity index (χ2v) is 5.51. The summed E-state index contributed by atoms with van der Waals surface area (Å²) < 4.78 is 29.1. The number of ether oxygens (including phenoxy) is 1. The fraction of sp³-hybridized carbons (Fsp3) is 0.889. The second-order valence-electron chi connectivity index (χ2n) is 3.62. The number of methoxy groups -OCH3 is 1. The minimum atomic E-state index is -3.86. The first kappa shape index (κ1) is 19.4. The number of carbonyl (C=O) groups is 1. The summed E-state index contributed by atoms with van der Waals surface area (Å²) in [6.45, 7) is -0.731. The van der Waals surface area contributed by atoms with Gasteiger partial charge in [-0.3, -0.25) is 13.6 Å². The topological polar surface area (TPSA) is 152 Å². The number of hydrogen-bond donors (Lipinski definition) is 4. The normalized spacial score (nSPS) is 18.1. The number of hydrogen-bond acceptors (Lipinski definition) is 10. The number of rotatable bonds is 9. The van der Waals surface area contributed by atoms with E-state index in [-0.39, 0.29) is 0 Å². The zero-order chi connectivity index (χ0) is 15.9. The van der Waals surface area contributed by atoms with E-state index in [4.69, 9.17) is 0 Å². The lowest BCUT2D eigenvalue weighted by Gasteiger charge is -2.25. The maximum atomic E-state index is 11.5. The van der Waals surface area contributed by atoms with Gasteiger partial charge in [0.15, 0.2) is 6.10 Å². The highest BCUT2D eigenvalue weighted by Crippen LogP contribution is 2.47. The molecule has 0 amide bonds. The van der Waals surface area contributed by atoms with Crippen molar-refractivity contribution in [3.63, 3.8) is 0 Å². The van der Waals surface area contributed by atoms with Crippen LogP contribution in [0, 0.1) is 0 Å². The van der Waals surface area contributed by atoms with Crippen molar-refractivity contribution in [1.82, 2.24) is 0 Å². The molecule has 0 fully saturated rings. The van der Waals surface area contributed by atoms with Crippen molar-refractivity contribution in [2.75, 3.05) is 27.9 Å². The van der Waals surface area contributed by atoms with Gasteiger partial charge in [0.25, 0.3) is 0 Å². The molecule has 4 N–H and O–H groups in total. The Kier molecular flexibility index (Phi) is 8.40. The Bertz CT molecular complexity index is 340. The maximum absolute atomic E-state index is 11.5. The molecule has 20 heavy (non-hydrogen) atoms. The number of phosphoric ester groups is 1. The molecule has 0 aromatic rings. The van der Waals surface area contributed by atoms with Crippen molar-refractivity contribution in [3.05, 3.63) is 0 Å². The summed E-state index contributed by atoms with van der Waals surface area (Å²) >= 11 is 0. The highest BCUT2D eigenvalue weighted by molar-refractivity contribution is 7.48. The summed E-state index contributed by atoms with van der Waals surface area (Å²) in [4.78, 5) is 10.9. The van der Waals surface area contributed by atoms with Crippen LogP contribution in [0.2, 0.25) is 0 Å². The zero-order valence-corrected chi connectivity index (χ0v) is 12.1. The molecule has 0 rings (SSSR count). The maximum Gasteiger partial charge on any atom is 0.474 e. The molecule has 10 nitrogen and oxygen atoms in total. The Hall–Kier alpha value is -0.580. The van der Waals surface area contributed by atoms with Crippen molar-refractivity contribution >= 4 is 13.8 Å². The van der Waals surface area contributed by atoms with Crippen LogP contribution >= 0.6 is 7.82 Å². The lowest BCUT2D eigenvalue weighted by Crippen LogP contribution is -2.49. The number of phosphoric acid groups is 1. The Morgan fingerprint density at radius 3 is 1.95 bits per heavy atom. The van der Waals surface area contributed by atoms with Gasteiger partial charge >= 0.3 is 13.8 Å². The fourth-order valence-corrected chi connectivity index (χ4v) is 1.82. The molecule has 0 radical (unpaired) electrons. The van der Waals surface area contributed by atoms with Crippen LogP contribution in [0.5, 0.6) is 0 Å². The van der Waals surface area contributed by atoms with E-state index in [1.807, 2.05) is 0 Å². The predicted molar refractivity (Wildman–Crippen MR) is 63.6 cm³/mol. The lowest BCUT2D eigenvalue weighted by molar-refractivity contribution is -0.167. The van der Waals surface area contributed by atoms with E-state index in [1.165, 1.54) is 0 Å². The SMILES string of the molecule is COC(=O)[C@H](O)[C@@H](O)[C@H](O)[C@H](O)COP(=O)(OC)OC. The molecular formula is C9H19O10P. The minimum Gasteiger partial charge on any atom is -0.467 e. The van der Waals surface area contributed by atoms with Crippen LogP contribution in [0.3, 0.4) is 0 Å². The molecule has 0 bridgehead atoms. The smallest absolute Gasteiger partial charge is 0.467 e. The first-order valence-corrected chi connectivity index (χ1v) is 6.84. The monoisotopic (exact) mass is 318 g/mol. The van der Waals surface area contributed by atoms with Crippen LogP contribution in [0.4, 0.5) is 0 Å². The van der Waals surface area contributed by atoms with Crippen molar-refractivity contribution < 1.29 is 48.1 Å². The minimum absolute atomic E-state index is 0.731. The quantitative estimate of drug-likeness (QED) is 0.278. The average Bonchev–Trinajstić information content (AvgIpc) is 2.48. The standard InChI is InChI=1S/C9H19O10P/c1-16-9(14)8(13)7(12)6(11)5(10)4-19-20(15,17-2)18-3/h5-8,10-13H,4H2,1-3H3/t5-,6-,7+,8-/m1/s1. The van der Waals surface area contributed by atoms with Gasteiger partial charge in [-0.05, 0) is 0 Å². The van der Waals surface area contributed by atoms with Crippen LogP contribution in [0.1, 0.15) is 0 Å². The van der Waals surface area contributed by atoms with Crippen LogP contribution in [0.15, 0.2) is 0 Å².